The van der Waals surface area contributed by atoms with Crippen molar-refractivity contribution in [1.82, 2.24) is 0 Å². The van der Waals surface area contributed by atoms with E-state index in [4.69, 9.17) is 14.2 Å². The molecule has 0 aromatic heterocycles. The Kier molecular flexibility index (Phi) is 6.39. The number of carbonyl (C=O) groups is 1. The largest absolute Gasteiger partial charge is 0.497 e. The van der Waals surface area contributed by atoms with E-state index in [9.17, 15) is 4.79 Å². The van der Waals surface area contributed by atoms with Crippen molar-refractivity contribution in [2.75, 3.05) is 19.5 Å². The van der Waals surface area contributed by atoms with E-state index in [0.717, 1.165) is 28.1 Å². The molecule has 0 fully saturated rings. The first kappa shape index (κ1) is 20.3. The van der Waals surface area contributed by atoms with E-state index in [0.29, 0.717) is 17.1 Å². The summed E-state index contributed by atoms with van der Waals surface area (Å²) in [7, 11) is 3.21. The molecule has 0 radical (unpaired) electrons. The minimum Gasteiger partial charge on any atom is -0.497 e. The van der Waals surface area contributed by atoms with Gasteiger partial charge in [0.1, 0.15) is 23.9 Å². The second kappa shape index (κ2) is 9.15. The summed E-state index contributed by atoms with van der Waals surface area (Å²) >= 11 is 0. The molecule has 0 spiro atoms. The molecule has 0 heterocycles. The first-order valence-electron chi connectivity index (χ1n) is 9.32. The minimum atomic E-state index is -0.180. The van der Waals surface area contributed by atoms with Crippen molar-refractivity contribution in [3.63, 3.8) is 0 Å². The molecule has 0 aliphatic heterocycles. The summed E-state index contributed by atoms with van der Waals surface area (Å²) in [6.45, 7) is 4.27. The van der Waals surface area contributed by atoms with Crippen LogP contribution in [0.2, 0.25) is 0 Å². The average molecular weight is 391 g/mol. The number of aryl methyl sites for hydroxylation is 2. The van der Waals surface area contributed by atoms with Crippen molar-refractivity contribution in [3.05, 3.63) is 82.9 Å². The molecule has 3 aromatic carbocycles. The molecule has 0 aliphatic rings. The molecule has 0 saturated carbocycles. The van der Waals surface area contributed by atoms with Gasteiger partial charge in [-0.3, -0.25) is 4.79 Å². The Hall–Kier alpha value is -3.47. The number of benzene rings is 3. The molecule has 3 aromatic rings. The summed E-state index contributed by atoms with van der Waals surface area (Å²) in [6, 6.07) is 18.6. The van der Waals surface area contributed by atoms with E-state index >= 15 is 0 Å². The first-order valence-corrected chi connectivity index (χ1v) is 9.32. The number of amides is 1. The zero-order valence-electron chi connectivity index (χ0n) is 17.1. The summed E-state index contributed by atoms with van der Waals surface area (Å²) in [5.41, 5.74) is 4.29. The average Bonchev–Trinajstić information content (AvgIpc) is 2.71. The Morgan fingerprint density at radius 2 is 1.59 bits per heavy atom. The Labute approximate surface area is 171 Å². The molecule has 1 N–H and O–H groups in total. The maximum Gasteiger partial charge on any atom is 0.255 e. The van der Waals surface area contributed by atoms with E-state index in [1.165, 1.54) is 0 Å². The molecular weight excluding hydrogens is 366 g/mol. The maximum atomic E-state index is 12.7. The van der Waals surface area contributed by atoms with E-state index in [2.05, 4.69) is 11.4 Å². The van der Waals surface area contributed by atoms with Crippen molar-refractivity contribution in [2.45, 2.75) is 20.5 Å². The normalized spacial score (nSPS) is 10.3. The number of nitrogens with one attached hydrogen (secondary N) is 1. The lowest BCUT2D eigenvalue weighted by Crippen LogP contribution is -2.13. The summed E-state index contributed by atoms with van der Waals surface area (Å²) < 4.78 is 16.5. The van der Waals surface area contributed by atoms with Gasteiger partial charge in [0.05, 0.1) is 14.2 Å². The molecule has 3 rings (SSSR count). The maximum absolute atomic E-state index is 12.7. The van der Waals surface area contributed by atoms with Gasteiger partial charge in [-0.05, 0) is 67.4 Å². The number of hydrogen-bond acceptors (Lipinski definition) is 4. The highest BCUT2D eigenvalue weighted by molar-refractivity contribution is 6.04. The highest BCUT2D eigenvalue weighted by Crippen LogP contribution is 2.25. The summed E-state index contributed by atoms with van der Waals surface area (Å²) in [5, 5.41) is 2.96. The van der Waals surface area contributed by atoms with Crippen LogP contribution in [0.1, 0.15) is 27.0 Å². The molecular formula is C24H25NO4. The molecule has 0 atom stereocenters. The third-order valence-electron chi connectivity index (χ3n) is 4.46. The van der Waals surface area contributed by atoms with Crippen LogP contribution in [0.4, 0.5) is 5.69 Å². The second-order valence-corrected chi connectivity index (χ2v) is 6.82. The van der Waals surface area contributed by atoms with Gasteiger partial charge in [-0.2, -0.15) is 0 Å². The zero-order chi connectivity index (χ0) is 20.8. The van der Waals surface area contributed by atoms with Crippen LogP contribution < -0.4 is 19.5 Å². The highest BCUT2D eigenvalue weighted by atomic mass is 16.5. The van der Waals surface area contributed by atoms with Crippen molar-refractivity contribution in [2.24, 2.45) is 0 Å². The SMILES string of the molecule is COc1cccc(OCc2cc(C(=O)Nc3cc(C)cc(C)c3)ccc2OC)c1. The molecule has 5 nitrogen and oxygen atoms in total. The van der Waals surface area contributed by atoms with Gasteiger partial charge in [0.25, 0.3) is 5.91 Å². The quantitative estimate of drug-likeness (QED) is 0.605. The fourth-order valence-electron chi connectivity index (χ4n) is 3.13. The van der Waals surface area contributed by atoms with E-state index < -0.39 is 0 Å². The van der Waals surface area contributed by atoms with Gasteiger partial charge < -0.3 is 19.5 Å². The minimum absolute atomic E-state index is 0.180. The predicted molar refractivity (Wildman–Crippen MR) is 114 cm³/mol. The van der Waals surface area contributed by atoms with Crippen molar-refractivity contribution >= 4 is 11.6 Å². The molecule has 0 saturated heterocycles. The van der Waals surface area contributed by atoms with Crippen LogP contribution in [0, 0.1) is 13.8 Å². The monoisotopic (exact) mass is 391 g/mol. The van der Waals surface area contributed by atoms with Crippen molar-refractivity contribution in [1.29, 1.82) is 0 Å². The van der Waals surface area contributed by atoms with Gasteiger partial charge in [0.2, 0.25) is 0 Å². The third kappa shape index (κ3) is 5.29. The zero-order valence-corrected chi connectivity index (χ0v) is 17.1. The molecule has 5 heteroatoms. The van der Waals surface area contributed by atoms with Gasteiger partial charge in [-0.25, -0.2) is 0 Å². The molecule has 0 aliphatic carbocycles. The number of anilines is 1. The van der Waals surface area contributed by atoms with Gasteiger partial charge in [-0.15, -0.1) is 0 Å². The fraction of sp³-hybridized carbons (Fsp3) is 0.208. The molecule has 0 bridgehead atoms. The molecule has 29 heavy (non-hydrogen) atoms. The van der Waals surface area contributed by atoms with Crippen LogP contribution in [-0.2, 0) is 6.61 Å². The number of hydrogen-bond donors (Lipinski definition) is 1. The van der Waals surface area contributed by atoms with Crippen LogP contribution in [0.5, 0.6) is 17.2 Å². The van der Waals surface area contributed by atoms with E-state index in [1.807, 2.05) is 50.2 Å². The number of carbonyl (C=O) groups excluding carboxylic acids is 1. The topological polar surface area (TPSA) is 56.8 Å². The second-order valence-electron chi connectivity index (χ2n) is 6.82. The summed E-state index contributed by atoms with van der Waals surface area (Å²) in [6.07, 6.45) is 0. The van der Waals surface area contributed by atoms with Crippen LogP contribution >= 0.6 is 0 Å². The van der Waals surface area contributed by atoms with Gasteiger partial charge >= 0.3 is 0 Å². The lowest BCUT2D eigenvalue weighted by atomic mass is 10.1. The lowest BCUT2D eigenvalue weighted by Gasteiger charge is -2.13. The highest BCUT2D eigenvalue weighted by Gasteiger charge is 2.12. The lowest BCUT2D eigenvalue weighted by molar-refractivity contribution is 0.102. The number of rotatable bonds is 7. The third-order valence-corrected chi connectivity index (χ3v) is 4.46. The molecule has 1 amide bonds. The van der Waals surface area contributed by atoms with Crippen LogP contribution in [0.3, 0.4) is 0 Å². The van der Waals surface area contributed by atoms with Gasteiger partial charge in [0, 0.05) is 22.9 Å². The van der Waals surface area contributed by atoms with Crippen molar-refractivity contribution < 1.29 is 19.0 Å². The Bertz CT molecular complexity index is 993. The summed E-state index contributed by atoms with van der Waals surface area (Å²) in [4.78, 5) is 12.7. The number of ether oxygens (including phenoxy) is 3. The first-order chi connectivity index (χ1) is 14.0. The van der Waals surface area contributed by atoms with Crippen LogP contribution in [-0.4, -0.2) is 20.1 Å². The van der Waals surface area contributed by atoms with Crippen molar-refractivity contribution in [3.8, 4) is 17.2 Å². The predicted octanol–water partition coefficient (Wildman–Crippen LogP) is 5.15. The van der Waals surface area contributed by atoms with Crippen LogP contribution in [0.25, 0.3) is 0 Å². The van der Waals surface area contributed by atoms with Gasteiger partial charge in [0.15, 0.2) is 0 Å². The van der Waals surface area contributed by atoms with E-state index in [-0.39, 0.29) is 12.5 Å². The van der Waals surface area contributed by atoms with Crippen LogP contribution in [0.15, 0.2) is 60.7 Å². The Morgan fingerprint density at radius 1 is 0.862 bits per heavy atom. The smallest absolute Gasteiger partial charge is 0.255 e. The summed E-state index contributed by atoms with van der Waals surface area (Å²) in [5.74, 6) is 1.88. The standard InChI is InChI=1S/C24H25NO4/c1-16-10-17(2)12-20(11-16)25-24(26)18-8-9-23(28-4)19(13-18)15-29-22-7-5-6-21(14-22)27-3/h5-14H,15H2,1-4H3,(H,25,26). The fourth-order valence-corrected chi connectivity index (χ4v) is 3.13. The molecule has 0 unspecified atom stereocenters. The van der Waals surface area contributed by atoms with Gasteiger partial charge in [-0.1, -0.05) is 12.1 Å². The Balaban J connectivity index is 1.77. The Morgan fingerprint density at radius 3 is 2.28 bits per heavy atom. The number of methoxy groups -OCH3 is 2. The molecule has 150 valence electrons. The van der Waals surface area contributed by atoms with E-state index in [1.54, 1.807) is 32.4 Å².